The van der Waals surface area contributed by atoms with Gasteiger partial charge in [0.15, 0.2) is 5.96 Å². The number of hydrogen-bond donors (Lipinski definition) is 1. The van der Waals surface area contributed by atoms with Crippen molar-refractivity contribution in [2.24, 2.45) is 4.99 Å². The van der Waals surface area contributed by atoms with Crippen LogP contribution < -0.4 is 5.32 Å². The molecule has 0 bridgehead atoms. The summed E-state index contributed by atoms with van der Waals surface area (Å²) in [6, 6.07) is 5.04. The zero-order chi connectivity index (χ0) is 22.1. The van der Waals surface area contributed by atoms with Crippen molar-refractivity contribution in [2.75, 3.05) is 39.9 Å². The summed E-state index contributed by atoms with van der Waals surface area (Å²) in [5.74, 6) is 6.39. The molecule has 0 saturated carbocycles. The molecule has 1 aromatic carbocycles. The van der Waals surface area contributed by atoms with Crippen LogP contribution in [-0.2, 0) is 15.7 Å². The maximum absolute atomic E-state index is 12.8. The lowest BCUT2D eigenvalue weighted by molar-refractivity contribution is -0.137. The van der Waals surface area contributed by atoms with Gasteiger partial charge >= 0.3 is 6.18 Å². The van der Waals surface area contributed by atoms with Gasteiger partial charge in [-0.25, -0.2) is 0 Å². The number of benzene rings is 1. The lowest BCUT2D eigenvalue weighted by atomic mass is 10.1. The molecular weight excluding hydrogens is 407 g/mol. The van der Waals surface area contributed by atoms with Gasteiger partial charge in [-0.15, -0.1) is 0 Å². The van der Waals surface area contributed by atoms with Gasteiger partial charge in [0.05, 0.1) is 30.9 Å². The minimum atomic E-state index is -4.36. The number of alkyl halides is 3. The molecule has 1 aromatic rings. The molecule has 170 valence electrons. The molecule has 2 saturated heterocycles. The van der Waals surface area contributed by atoms with Gasteiger partial charge in [-0.3, -0.25) is 4.99 Å². The van der Waals surface area contributed by atoms with Crippen LogP contribution in [-0.4, -0.2) is 63.0 Å². The second-order valence-electron chi connectivity index (χ2n) is 7.79. The lowest BCUT2D eigenvalue weighted by Crippen LogP contribution is -2.47. The molecule has 0 aromatic heterocycles. The van der Waals surface area contributed by atoms with Crippen molar-refractivity contribution in [3.8, 4) is 11.8 Å². The number of ether oxygens (including phenoxy) is 2. The molecule has 3 rings (SSSR count). The molecule has 1 unspecified atom stereocenters. The summed E-state index contributed by atoms with van der Waals surface area (Å²) in [7, 11) is 1.71. The Morgan fingerprint density at radius 1 is 1.26 bits per heavy atom. The Morgan fingerprint density at radius 3 is 2.74 bits per heavy atom. The van der Waals surface area contributed by atoms with Gasteiger partial charge < -0.3 is 19.7 Å². The summed E-state index contributed by atoms with van der Waals surface area (Å²) in [4.78, 5) is 6.46. The zero-order valence-corrected chi connectivity index (χ0v) is 17.9. The highest BCUT2D eigenvalue weighted by Gasteiger charge is 2.30. The van der Waals surface area contributed by atoms with E-state index < -0.39 is 11.7 Å². The summed E-state index contributed by atoms with van der Waals surface area (Å²) >= 11 is 0. The molecule has 1 N–H and O–H groups in total. The smallest absolute Gasteiger partial charge is 0.376 e. The molecule has 1 atom stereocenters. The van der Waals surface area contributed by atoms with Crippen molar-refractivity contribution in [2.45, 2.75) is 50.5 Å². The van der Waals surface area contributed by atoms with E-state index in [0.29, 0.717) is 18.7 Å². The van der Waals surface area contributed by atoms with E-state index in [-0.39, 0.29) is 12.2 Å². The first-order valence-electron chi connectivity index (χ1n) is 10.8. The summed E-state index contributed by atoms with van der Waals surface area (Å²) in [5, 5.41) is 3.17. The van der Waals surface area contributed by atoms with E-state index in [1.54, 1.807) is 13.1 Å². The lowest BCUT2D eigenvalue weighted by Gasteiger charge is -2.34. The highest BCUT2D eigenvalue weighted by molar-refractivity contribution is 5.80. The Balaban J connectivity index is 1.41. The predicted octanol–water partition coefficient (Wildman–Crippen LogP) is 3.68. The minimum absolute atomic E-state index is 0.233. The van der Waals surface area contributed by atoms with Crippen molar-refractivity contribution in [1.82, 2.24) is 10.2 Å². The van der Waals surface area contributed by atoms with Crippen molar-refractivity contribution in [1.29, 1.82) is 0 Å². The largest absolute Gasteiger partial charge is 0.416 e. The second-order valence-corrected chi connectivity index (χ2v) is 7.79. The van der Waals surface area contributed by atoms with E-state index in [4.69, 9.17) is 9.47 Å². The number of hydrogen-bond acceptors (Lipinski definition) is 3. The molecule has 0 amide bonds. The monoisotopic (exact) mass is 437 g/mol. The standard InChI is InChI=1S/C23H30F3N3O2/c1-27-22(28-12-5-7-18-6-4-8-19(16-18)23(24,25)26)29-13-10-20(11-14-29)31-17-21-9-2-3-15-30-21/h4,6,8,16,20-21H,2-3,9-15,17H2,1H3,(H,27,28). The average Bonchev–Trinajstić information content (AvgIpc) is 2.79. The quantitative estimate of drug-likeness (QED) is 0.444. The molecule has 8 heteroatoms. The third kappa shape index (κ3) is 7.44. The fraction of sp³-hybridized carbons (Fsp3) is 0.609. The van der Waals surface area contributed by atoms with Crippen LogP contribution in [0, 0.1) is 11.8 Å². The van der Waals surface area contributed by atoms with Crippen molar-refractivity contribution < 1.29 is 22.6 Å². The van der Waals surface area contributed by atoms with E-state index >= 15 is 0 Å². The predicted molar refractivity (Wildman–Crippen MR) is 114 cm³/mol. The Morgan fingerprint density at radius 2 is 2.06 bits per heavy atom. The number of likely N-dealkylation sites (tertiary alicyclic amines) is 1. The fourth-order valence-electron chi connectivity index (χ4n) is 3.79. The average molecular weight is 438 g/mol. The maximum Gasteiger partial charge on any atom is 0.416 e. The van der Waals surface area contributed by atoms with Gasteiger partial charge in [-0.05, 0) is 50.3 Å². The zero-order valence-electron chi connectivity index (χ0n) is 17.9. The normalized spacial score (nSPS) is 20.8. The molecular formula is C23H30F3N3O2. The highest BCUT2D eigenvalue weighted by atomic mass is 19.4. The van der Waals surface area contributed by atoms with E-state index in [1.165, 1.54) is 12.5 Å². The van der Waals surface area contributed by atoms with E-state index in [9.17, 15) is 13.2 Å². The van der Waals surface area contributed by atoms with Gasteiger partial charge in [0.2, 0.25) is 0 Å². The van der Waals surface area contributed by atoms with Crippen molar-refractivity contribution in [3.63, 3.8) is 0 Å². The highest BCUT2D eigenvalue weighted by Crippen LogP contribution is 2.29. The summed E-state index contributed by atoms with van der Waals surface area (Å²) in [6.07, 6.45) is 1.38. The van der Waals surface area contributed by atoms with Crippen LogP contribution in [0.3, 0.4) is 0 Å². The topological polar surface area (TPSA) is 46.1 Å². The number of nitrogens with one attached hydrogen (secondary N) is 1. The number of rotatable bonds is 4. The van der Waals surface area contributed by atoms with Gasteiger partial charge in [0.25, 0.3) is 0 Å². The Bertz CT molecular complexity index is 787. The van der Waals surface area contributed by atoms with E-state index in [0.717, 1.165) is 63.5 Å². The van der Waals surface area contributed by atoms with Crippen LogP contribution in [0.2, 0.25) is 0 Å². The number of nitrogens with zero attached hydrogens (tertiary/aromatic N) is 2. The molecule has 5 nitrogen and oxygen atoms in total. The first-order valence-corrected chi connectivity index (χ1v) is 10.8. The first-order chi connectivity index (χ1) is 15.0. The molecule has 2 aliphatic heterocycles. The molecule has 2 fully saturated rings. The molecule has 2 heterocycles. The fourth-order valence-corrected chi connectivity index (χ4v) is 3.79. The minimum Gasteiger partial charge on any atom is -0.376 e. The molecule has 2 aliphatic rings. The Kier molecular flexibility index (Phi) is 8.61. The van der Waals surface area contributed by atoms with E-state index in [1.807, 2.05) is 0 Å². The van der Waals surface area contributed by atoms with Crippen molar-refractivity contribution >= 4 is 5.96 Å². The second kappa shape index (κ2) is 11.4. The SMILES string of the molecule is CN=C(NCC#Cc1cccc(C(F)(F)F)c1)N1CCC(OCC2CCCCO2)CC1. The molecule has 31 heavy (non-hydrogen) atoms. The summed E-state index contributed by atoms with van der Waals surface area (Å²) < 4.78 is 50.1. The van der Waals surface area contributed by atoms with Gasteiger partial charge in [-0.2, -0.15) is 13.2 Å². The number of aliphatic imine (C=N–C) groups is 1. The number of halogens is 3. The van der Waals surface area contributed by atoms with Gasteiger partial charge in [0.1, 0.15) is 0 Å². The molecule has 0 spiro atoms. The van der Waals surface area contributed by atoms with Gasteiger partial charge in [-0.1, -0.05) is 17.9 Å². The van der Waals surface area contributed by atoms with Crippen LogP contribution >= 0.6 is 0 Å². The maximum atomic E-state index is 12.8. The molecule has 0 radical (unpaired) electrons. The van der Waals surface area contributed by atoms with Crippen LogP contribution in [0.15, 0.2) is 29.3 Å². The number of guanidine groups is 1. The Hall–Kier alpha value is -2.24. The summed E-state index contributed by atoms with van der Waals surface area (Å²) in [6.45, 7) is 3.47. The molecule has 0 aliphatic carbocycles. The third-order valence-corrected chi connectivity index (χ3v) is 5.50. The van der Waals surface area contributed by atoms with Crippen LogP contribution in [0.4, 0.5) is 13.2 Å². The van der Waals surface area contributed by atoms with Crippen LogP contribution in [0.25, 0.3) is 0 Å². The Labute approximate surface area is 182 Å². The van der Waals surface area contributed by atoms with Crippen molar-refractivity contribution in [3.05, 3.63) is 35.4 Å². The number of piperidine rings is 1. The third-order valence-electron chi connectivity index (χ3n) is 5.50. The van der Waals surface area contributed by atoms with Gasteiger partial charge in [0, 0.05) is 32.3 Å². The summed E-state index contributed by atoms with van der Waals surface area (Å²) in [5.41, 5.74) is -0.352. The van der Waals surface area contributed by atoms with E-state index in [2.05, 4.69) is 27.0 Å². The van der Waals surface area contributed by atoms with Crippen LogP contribution in [0.1, 0.15) is 43.2 Å². The first kappa shape index (κ1) is 23.4. The van der Waals surface area contributed by atoms with Crippen LogP contribution in [0.5, 0.6) is 0 Å².